The van der Waals surface area contributed by atoms with Crippen molar-refractivity contribution in [2.24, 2.45) is 0 Å². The van der Waals surface area contributed by atoms with Gasteiger partial charge in [-0.2, -0.15) is 0 Å². The molecule has 2 fully saturated rings. The zero-order chi connectivity index (χ0) is 14.9. The van der Waals surface area contributed by atoms with Crippen molar-refractivity contribution in [1.82, 2.24) is 10.2 Å². The molecule has 1 N–H and O–H groups in total. The Labute approximate surface area is 127 Å². The van der Waals surface area contributed by atoms with Crippen LogP contribution in [0.3, 0.4) is 0 Å². The van der Waals surface area contributed by atoms with E-state index in [1.165, 1.54) is 30.4 Å². The van der Waals surface area contributed by atoms with Gasteiger partial charge in [0.15, 0.2) is 0 Å². The van der Waals surface area contributed by atoms with E-state index in [1.807, 2.05) is 0 Å². The highest BCUT2D eigenvalue weighted by molar-refractivity contribution is 5.92. The molecule has 3 nitrogen and oxygen atoms in total. The van der Waals surface area contributed by atoms with Crippen LogP contribution in [0.2, 0.25) is 0 Å². The first kappa shape index (κ1) is 14.6. The lowest BCUT2D eigenvalue weighted by molar-refractivity contribution is -0.130. The van der Waals surface area contributed by atoms with Gasteiger partial charge < -0.3 is 4.90 Å². The van der Waals surface area contributed by atoms with Gasteiger partial charge in [0.25, 0.3) is 0 Å². The molecule has 1 heterocycles. The number of benzene rings is 1. The van der Waals surface area contributed by atoms with Crippen LogP contribution in [-0.4, -0.2) is 22.9 Å². The Balaban J connectivity index is 1.73. The summed E-state index contributed by atoms with van der Waals surface area (Å²) in [7, 11) is 0. The van der Waals surface area contributed by atoms with E-state index in [0.29, 0.717) is 5.91 Å². The lowest BCUT2D eigenvalue weighted by Gasteiger charge is -2.24. The van der Waals surface area contributed by atoms with Gasteiger partial charge in [-0.25, -0.2) is 0 Å². The maximum Gasteiger partial charge on any atom is 0.244 e. The van der Waals surface area contributed by atoms with E-state index in [0.717, 1.165) is 25.8 Å². The summed E-state index contributed by atoms with van der Waals surface area (Å²) in [5, 5.41) is 3.59. The van der Waals surface area contributed by atoms with Crippen molar-refractivity contribution in [3.8, 4) is 0 Å². The summed E-state index contributed by atoms with van der Waals surface area (Å²) in [4.78, 5) is 14.7. The van der Waals surface area contributed by atoms with Crippen LogP contribution in [0.5, 0.6) is 0 Å². The molecule has 0 bridgehead atoms. The maximum absolute atomic E-state index is 12.7. The smallest absolute Gasteiger partial charge is 0.244 e. The third kappa shape index (κ3) is 2.84. The van der Waals surface area contributed by atoms with Gasteiger partial charge in [-0.15, -0.1) is 0 Å². The zero-order valence-electron chi connectivity index (χ0n) is 13.2. The fourth-order valence-corrected chi connectivity index (χ4v) is 3.23. The molecule has 1 aliphatic carbocycles. The molecular formula is C18H26N2O. The van der Waals surface area contributed by atoms with Crippen molar-refractivity contribution < 1.29 is 4.79 Å². The summed E-state index contributed by atoms with van der Waals surface area (Å²) in [5.74, 6) is 0.324. The van der Waals surface area contributed by atoms with E-state index in [2.05, 4.69) is 48.3 Å². The fraction of sp³-hybridized carbons (Fsp3) is 0.611. The van der Waals surface area contributed by atoms with E-state index in [9.17, 15) is 4.79 Å². The number of carbonyl (C=O) groups excluding carboxylic acids is 1. The van der Waals surface area contributed by atoms with Crippen LogP contribution < -0.4 is 5.32 Å². The Morgan fingerprint density at radius 1 is 1.19 bits per heavy atom. The lowest BCUT2D eigenvalue weighted by Crippen LogP contribution is -2.33. The molecule has 3 rings (SSSR count). The SMILES string of the molecule is CCCCCCN1C(=O)C2(CC2)NC1c1ccc(C)cc1. The number of rotatable bonds is 6. The average Bonchev–Trinajstić information content (AvgIpc) is 3.21. The van der Waals surface area contributed by atoms with E-state index >= 15 is 0 Å². The van der Waals surface area contributed by atoms with Gasteiger partial charge >= 0.3 is 0 Å². The van der Waals surface area contributed by atoms with Crippen LogP contribution in [0.15, 0.2) is 24.3 Å². The highest BCUT2D eigenvalue weighted by Gasteiger charge is 2.59. The quantitative estimate of drug-likeness (QED) is 0.811. The van der Waals surface area contributed by atoms with Crippen LogP contribution in [-0.2, 0) is 4.79 Å². The van der Waals surface area contributed by atoms with Crippen molar-refractivity contribution in [2.45, 2.75) is 64.1 Å². The minimum atomic E-state index is -0.222. The molecule has 1 saturated heterocycles. The predicted octanol–water partition coefficient (Wildman–Crippen LogP) is 3.54. The maximum atomic E-state index is 12.7. The molecule has 2 aliphatic rings. The standard InChI is InChI=1S/C18H26N2O/c1-3-4-5-6-13-20-16(15-9-7-14(2)8-10-15)19-18(11-12-18)17(20)21/h7-10,16,19H,3-6,11-13H2,1-2H3. The van der Waals surface area contributed by atoms with Gasteiger partial charge in [-0.1, -0.05) is 56.0 Å². The average molecular weight is 286 g/mol. The number of unbranched alkanes of at least 4 members (excludes halogenated alkanes) is 3. The monoisotopic (exact) mass is 286 g/mol. The fourth-order valence-electron chi connectivity index (χ4n) is 3.23. The van der Waals surface area contributed by atoms with Crippen LogP contribution in [0.25, 0.3) is 0 Å². The Bertz CT molecular complexity index is 504. The summed E-state index contributed by atoms with van der Waals surface area (Å²) in [6, 6.07) is 8.57. The summed E-state index contributed by atoms with van der Waals surface area (Å²) < 4.78 is 0. The number of amides is 1. The number of nitrogens with zero attached hydrogens (tertiary/aromatic N) is 1. The highest BCUT2D eigenvalue weighted by Crippen LogP contribution is 2.45. The number of carbonyl (C=O) groups is 1. The van der Waals surface area contributed by atoms with Gasteiger partial charge in [-0.05, 0) is 31.7 Å². The topological polar surface area (TPSA) is 32.3 Å². The minimum absolute atomic E-state index is 0.0715. The number of hydrogen-bond acceptors (Lipinski definition) is 2. The molecule has 21 heavy (non-hydrogen) atoms. The Morgan fingerprint density at radius 2 is 1.90 bits per heavy atom. The molecule has 114 valence electrons. The van der Waals surface area contributed by atoms with Gasteiger partial charge in [0.1, 0.15) is 11.7 Å². The van der Waals surface area contributed by atoms with Gasteiger partial charge in [0.2, 0.25) is 5.91 Å². The Kier molecular flexibility index (Phi) is 4.03. The number of hydrogen-bond donors (Lipinski definition) is 1. The largest absolute Gasteiger partial charge is 0.321 e. The van der Waals surface area contributed by atoms with Crippen LogP contribution in [0, 0.1) is 6.92 Å². The zero-order valence-corrected chi connectivity index (χ0v) is 13.2. The number of nitrogens with one attached hydrogen (secondary N) is 1. The van der Waals surface area contributed by atoms with E-state index in [4.69, 9.17) is 0 Å². The number of aryl methyl sites for hydroxylation is 1. The lowest BCUT2D eigenvalue weighted by atomic mass is 10.1. The highest BCUT2D eigenvalue weighted by atomic mass is 16.2. The molecule has 1 unspecified atom stereocenters. The first-order valence-electron chi connectivity index (χ1n) is 8.32. The Hall–Kier alpha value is -1.35. The molecule has 1 saturated carbocycles. The van der Waals surface area contributed by atoms with Gasteiger partial charge in [-0.3, -0.25) is 10.1 Å². The minimum Gasteiger partial charge on any atom is -0.321 e. The first-order chi connectivity index (χ1) is 10.2. The van der Waals surface area contributed by atoms with E-state index in [-0.39, 0.29) is 11.7 Å². The molecule has 1 atom stereocenters. The summed E-state index contributed by atoms with van der Waals surface area (Å²) in [6.07, 6.45) is 6.89. The van der Waals surface area contributed by atoms with E-state index in [1.54, 1.807) is 0 Å². The molecule has 1 aromatic carbocycles. The molecule has 0 radical (unpaired) electrons. The summed E-state index contributed by atoms with van der Waals surface area (Å²) >= 11 is 0. The molecule has 3 heteroatoms. The van der Waals surface area contributed by atoms with Crippen LogP contribution in [0.1, 0.15) is 62.7 Å². The van der Waals surface area contributed by atoms with Crippen molar-refractivity contribution in [3.63, 3.8) is 0 Å². The van der Waals surface area contributed by atoms with Gasteiger partial charge in [0, 0.05) is 6.54 Å². The second-order valence-corrected chi connectivity index (χ2v) is 6.60. The molecule has 1 amide bonds. The second-order valence-electron chi connectivity index (χ2n) is 6.60. The molecular weight excluding hydrogens is 260 g/mol. The van der Waals surface area contributed by atoms with Crippen molar-refractivity contribution >= 4 is 5.91 Å². The molecule has 1 spiro atoms. The van der Waals surface area contributed by atoms with Crippen molar-refractivity contribution in [3.05, 3.63) is 35.4 Å². The second kappa shape index (κ2) is 5.80. The van der Waals surface area contributed by atoms with Crippen molar-refractivity contribution in [1.29, 1.82) is 0 Å². The third-order valence-corrected chi connectivity index (χ3v) is 4.79. The third-order valence-electron chi connectivity index (χ3n) is 4.79. The summed E-state index contributed by atoms with van der Waals surface area (Å²) in [5.41, 5.74) is 2.26. The molecule has 1 aliphatic heterocycles. The molecule has 0 aromatic heterocycles. The normalized spacial score (nSPS) is 23.0. The Morgan fingerprint density at radius 3 is 2.52 bits per heavy atom. The first-order valence-corrected chi connectivity index (χ1v) is 8.32. The van der Waals surface area contributed by atoms with Crippen molar-refractivity contribution in [2.75, 3.05) is 6.54 Å². The van der Waals surface area contributed by atoms with Crippen LogP contribution in [0.4, 0.5) is 0 Å². The predicted molar refractivity (Wildman–Crippen MR) is 84.9 cm³/mol. The molecule has 1 aromatic rings. The van der Waals surface area contributed by atoms with Crippen LogP contribution >= 0.6 is 0 Å². The van der Waals surface area contributed by atoms with Gasteiger partial charge in [0.05, 0.1) is 0 Å². The van der Waals surface area contributed by atoms with E-state index < -0.39 is 0 Å². The summed E-state index contributed by atoms with van der Waals surface area (Å²) in [6.45, 7) is 5.20.